The number of nitrogens with zero attached hydrogens (tertiary/aromatic N) is 1. The Bertz CT molecular complexity index is 384. The fourth-order valence-corrected chi connectivity index (χ4v) is 1.88. The Hall–Kier alpha value is -1.10. The molecule has 0 aromatic carbocycles. The summed E-state index contributed by atoms with van der Waals surface area (Å²) in [6.07, 6.45) is 3.61. The Morgan fingerprint density at radius 1 is 1.60 bits per heavy atom. The van der Waals surface area contributed by atoms with Gasteiger partial charge in [-0.15, -0.1) is 0 Å². The van der Waals surface area contributed by atoms with Gasteiger partial charge in [-0.25, -0.2) is 0 Å². The summed E-state index contributed by atoms with van der Waals surface area (Å²) >= 11 is 0. The molecule has 84 valence electrons. The van der Waals surface area contributed by atoms with Crippen molar-refractivity contribution in [2.75, 3.05) is 12.9 Å². The molecule has 4 nitrogen and oxygen atoms in total. The number of hydrogen-bond acceptors (Lipinski definition) is 3. The molecule has 1 atom stereocenters. The molecule has 1 unspecified atom stereocenters. The lowest BCUT2D eigenvalue weighted by molar-refractivity contribution is -0.142. The molecule has 5 heteroatoms. The van der Waals surface area contributed by atoms with Crippen LogP contribution in [0.15, 0.2) is 17.2 Å². The molecule has 0 N–H and O–H groups in total. The topological polar surface area (TPSA) is 48.3 Å². The van der Waals surface area contributed by atoms with Crippen molar-refractivity contribution in [3.8, 4) is 0 Å². The third-order valence-corrected chi connectivity index (χ3v) is 2.93. The van der Waals surface area contributed by atoms with Crippen molar-refractivity contribution in [2.24, 2.45) is 7.05 Å². The van der Waals surface area contributed by atoms with E-state index >= 15 is 0 Å². The smallest absolute Gasteiger partial charge is 0.311 e. The van der Waals surface area contributed by atoms with Crippen LogP contribution < -0.4 is 0 Å². The minimum atomic E-state index is -1.01. The number of carbonyl (C=O) groups excluding carboxylic acids is 1. The molecule has 0 aliphatic rings. The molecule has 0 aliphatic carbocycles. The van der Waals surface area contributed by atoms with E-state index in [0.29, 0.717) is 6.61 Å². The summed E-state index contributed by atoms with van der Waals surface area (Å²) in [6.45, 7) is 2.16. The standard InChI is InChI=1S/C10H15NO3S/c1-4-14-10(12)6-8-5-9(15(3)13)7-11(8)2/h5,7H,4,6H2,1-3H3. The molecule has 1 rings (SSSR count). The largest absolute Gasteiger partial charge is 0.466 e. The second-order valence-electron chi connectivity index (χ2n) is 3.21. The highest BCUT2D eigenvalue weighted by atomic mass is 32.2. The van der Waals surface area contributed by atoms with Gasteiger partial charge in [-0.3, -0.25) is 9.00 Å². The lowest BCUT2D eigenvalue weighted by Gasteiger charge is -2.02. The zero-order chi connectivity index (χ0) is 11.4. The maximum Gasteiger partial charge on any atom is 0.311 e. The van der Waals surface area contributed by atoms with Gasteiger partial charge in [0.2, 0.25) is 0 Å². The number of hydrogen-bond donors (Lipinski definition) is 0. The Morgan fingerprint density at radius 2 is 2.27 bits per heavy atom. The lowest BCUT2D eigenvalue weighted by atomic mass is 10.3. The van der Waals surface area contributed by atoms with Crippen LogP contribution in [0, 0.1) is 0 Å². The van der Waals surface area contributed by atoms with E-state index in [2.05, 4.69) is 0 Å². The van der Waals surface area contributed by atoms with E-state index < -0.39 is 10.8 Å². The van der Waals surface area contributed by atoms with Gasteiger partial charge < -0.3 is 9.30 Å². The highest BCUT2D eigenvalue weighted by Gasteiger charge is 2.10. The quantitative estimate of drug-likeness (QED) is 0.720. The highest BCUT2D eigenvalue weighted by molar-refractivity contribution is 7.84. The molecule has 0 aliphatic heterocycles. The van der Waals surface area contributed by atoms with Crippen molar-refractivity contribution in [3.05, 3.63) is 18.0 Å². The van der Waals surface area contributed by atoms with Crippen molar-refractivity contribution in [1.29, 1.82) is 0 Å². The fraction of sp³-hybridized carbons (Fsp3) is 0.500. The number of rotatable bonds is 4. The third kappa shape index (κ3) is 3.20. The van der Waals surface area contributed by atoms with E-state index in [0.717, 1.165) is 10.6 Å². The molecular weight excluding hydrogens is 214 g/mol. The van der Waals surface area contributed by atoms with E-state index in [4.69, 9.17) is 4.74 Å². The van der Waals surface area contributed by atoms with Crippen LogP contribution in [0.2, 0.25) is 0 Å². The minimum Gasteiger partial charge on any atom is -0.466 e. The van der Waals surface area contributed by atoms with E-state index in [1.807, 2.05) is 7.05 Å². The lowest BCUT2D eigenvalue weighted by Crippen LogP contribution is -2.09. The van der Waals surface area contributed by atoms with Gasteiger partial charge in [-0.2, -0.15) is 0 Å². The van der Waals surface area contributed by atoms with Crippen LogP contribution in [0.5, 0.6) is 0 Å². The van der Waals surface area contributed by atoms with Gasteiger partial charge in [0.25, 0.3) is 0 Å². The molecule has 0 spiro atoms. The zero-order valence-electron chi connectivity index (χ0n) is 9.15. The summed E-state index contributed by atoms with van der Waals surface area (Å²) in [4.78, 5) is 12.0. The van der Waals surface area contributed by atoms with Crippen molar-refractivity contribution in [2.45, 2.75) is 18.2 Å². The van der Waals surface area contributed by atoms with Crippen LogP contribution in [-0.4, -0.2) is 27.6 Å². The molecule has 1 aromatic heterocycles. The van der Waals surface area contributed by atoms with Crippen molar-refractivity contribution < 1.29 is 13.7 Å². The zero-order valence-corrected chi connectivity index (χ0v) is 9.97. The molecule has 0 radical (unpaired) electrons. The second kappa shape index (κ2) is 5.11. The molecule has 0 bridgehead atoms. The maximum atomic E-state index is 11.2. The first-order valence-corrected chi connectivity index (χ1v) is 6.24. The first-order valence-electron chi connectivity index (χ1n) is 4.69. The fourth-order valence-electron chi connectivity index (χ4n) is 1.27. The van der Waals surface area contributed by atoms with Crippen molar-refractivity contribution >= 4 is 16.8 Å². The monoisotopic (exact) mass is 229 g/mol. The first-order chi connectivity index (χ1) is 7.04. The number of aromatic nitrogens is 1. The molecule has 1 aromatic rings. The van der Waals surface area contributed by atoms with Crippen LogP contribution in [0.4, 0.5) is 0 Å². The molecule has 0 saturated heterocycles. The van der Waals surface area contributed by atoms with Crippen molar-refractivity contribution in [3.63, 3.8) is 0 Å². The summed E-state index contributed by atoms with van der Waals surface area (Å²) in [5.74, 6) is -0.257. The van der Waals surface area contributed by atoms with Crippen molar-refractivity contribution in [1.82, 2.24) is 4.57 Å². The number of ether oxygens (including phenoxy) is 1. The van der Waals surface area contributed by atoms with Gasteiger partial charge in [-0.1, -0.05) is 0 Å². The van der Waals surface area contributed by atoms with Gasteiger partial charge in [-0.05, 0) is 13.0 Å². The highest BCUT2D eigenvalue weighted by Crippen LogP contribution is 2.11. The third-order valence-electron chi connectivity index (χ3n) is 2.05. The summed E-state index contributed by atoms with van der Waals surface area (Å²) in [6, 6.07) is 1.77. The van der Waals surface area contributed by atoms with Crippen LogP contribution in [0.1, 0.15) is 12.6 Å². The average molecular weight is 229 g/mol. The van der Waals surface area contributed by atoms with Crippen LogP contribution in [0.25, 0.3) is 0 Å². The van der Waals surface area contributed by atoms with Crippen LogP contribution >= 0.6 is 0 Å². The van der Waals surface area contributed by atoms with Gasteiger partial charge in [0.15, 0.2) is 0 Å². The predicted molar refractivity (Wildman–Crippen MR) is 58.1 cm³/mol. The Balaban J connectivity index is 2.77. The van der Waals surface area contributed by atoms with E-state index in [1.54, 1.807) is 30.0 Å². The SMILES string of the molecule is CCOC(=O)Cc1cc(S(C)=O)cn1C. The summed E-state index contributed by atoms with van der Waals surface area (Å²) in [7, 11) is 0.814. The maximum absolute atomic E-state index is 11.2. The van der Waals surface area contributed by atoms with Gasteiger partial charge in [0, 0.05) is 25.2 Å². The van der Waals surface area contributed by atoms with Gasteiger partial charge in [0.05, 0.1) is 28.7 Å². The first kappa shape index (κ1) is 12.0. The molecule has 15 heavy (non-hydrogen) atoms. The van der Waals surface area contributed by atoms with Crippen LogP contribution in [0.3, 0.4) is 0 Å². The van der Waals surface area contributed by atoms with Crippen LogP contribution in [-0.2, 0) is 33.8 Å². The summed E-state index contributed by atoms with van der Waals surface area (Å²) in [5.41, 5.74) is 0.818. The number of esters is 1. The summed E-state index contributed by atoms with van der Waals surface area (Å²) < 4.78 is 17.8. The van der Waals surface area contributed by atoms with E-state index in [-0.39, 0.29) is 12.4 Å². The normalized spacial score (nSPS) is 12.5. The Kier molecular flexibility index (Phi) is 4.08. The van der Waals surface area contributed by atoms with E-state index in [1.165, 1.54) is 0 Å². The summed E-state index contributed by atoms with van der Waals surface area (Å²) in [5, 5.41) is 0. The molecule has 0 fully saturated rings. The predicted octanol–water partition coefficient (Wildman–Crippen LogP) is 0.868. The second-order valence-corrected chi connectivity index (χ2v) is 4.59. The molecule has 0 saturated carbocycles. The average Bonchev–Trinajstić information content (AvgIpc) is 2.48. The molecular formula is C10H15NO3S. The minimum absolute atomic E-state index is 0.224. The number of carbonyl (C=O) groups is 1. The van der Waals surface area contributed by atoms with E-state index in [9.17, 15) is 9.00 Å². The van der Waals surface area contributed by atoms with Gasteiger partial charge in [0.1, 0.15) is 0 Å². The molecule has 0 amide bonds. The van der Waals surface area contributed by atoms with Gasteiger partial charge >= 0.3 is 5.97 Å². The number of aryl methyl sites for hydroxylation is 1. The Morgan fingerprint density at radius 3 is 2.73 bits per heavy atom. The Labute approximate surface area is 91.7 Å². The molecule has 1 heterocycles.